The average molecular weight is 440 g/mol. The van der Waals surface area contributed by atoms with Gasteiger partial charge in [-0.3, -0.25) is 0 Å². The number of ether oxygens (including phenoxy) is 3. The third-order valence-electron chi connectivity index (χ3n) is 6.93. The van der Waals surface area contributed by atoms with Gasteiger partial charge in [0.25, 0.3) is 0 Å². The third-order valence-corrected chi connectivity index (χ3v) is 6.93. The lowest BCUT2D eigenvalue weighted by atomic mass is 9.79. The van der Waals surface area contributed by atoms with Crippen LogP contribution in [0.5, 0.6) is 0 Å². The normalized spacial score (nSPS) is 26.1. The summed E-state index contributed by atoms with van der Waals surface area (Å²) in [5.41, 5.74) is 2.12. The molecule has 33 heavy (non-hydrogen) atoms. The van der Waals surface area contributed by atoms with Crippen LogP contribution in [-0.4, -0.2) is 24.6 Å². The first kappa shape index (κ1) is 22.1. The predicted molar refractivity (Wildman–Crippen MR) is 131 cm³/mol. The van der Waals surface area contributed by atoms with Gasteiger partial charge in [-0.15, -0.1) is 6.58 Å². The van der Waals surface area contributed by atoms with Gasteiger partial charge in [0.15, 0.2) is 5.79 Å². The summed E-state index contributed by atoms with van der Waals surface area (Å²) in [6, 6.07) is 31.4. The van der Waals surface area contributed by atoms with Crippen LogP contribution in [0.25, 0.3) is 0 Å². The van der Waals surface area contributed by atoms with Gasteiger partial charge in [-0.25, -0.2) is 0 Å². The monoisotopic (exact) mass is 439 g/mol. The fourth-order valence-corrected chi connectivity index (χ4v) is 5.27. The first-order valence-electron chi connectivity index (χ1n) is 11.6. The predicted octanol–water partition coefficient (Wildman–Crippen LogP) is 6.30. The number of fused-ring (bicyclic) bond motifs is 1. The molecule has 0 spiro atoms. The van der Waals surface area contributed by atoms with Crippen LogP contribution in [0.1, 0.15) is 37.0 Å². The zero-order chi connectivity index (χ0) is 22.9. The van der Waals surface area contributed by atoms with Crippen molar-refractivity contribution in [2.24, 2.45) is 5.41 Å². The van der Waals surface area contributed by atoms with Gasteiger partial charge in [-0.2, -0.15) is 0 Å². The zero-order valence-corrected chi connectivity index (χ0v) is 19.3. The van der Waals surface area contributed by atoms with E-state index in [1.54, 1.807) is 0 Å². The second-order valence-electron chi connectivity index (χ2n) is 9.47. The molecule has 169 valence electrons. The van der Waals surface area contributed by atoms with E-state index in [4.69, 9.17) is 14.2 Å². The summed E-state index contributed by atoms with van der Waals surface area (Å²) in [6.45, 7) is 8.59. The smallest absolute Gasteiger partial charge is 0.163 e. The highest BCUT2D eigenvalue weighted by molar-refractivity contribution is 5.47. The van der Waals surface area contributed by atoms with Crippen molar-refractivity contribution < 1.29 is 14.2 Å². The lowest BCUT2D eigenvalue weighted by molar-refractivity contribution is -0.165. The number of hydrogen-bond acceptors (Lipinski definition) is 3. The number of hydrogen-bond donors (Lipinski definition) is 0. The molecule has 2 aliphatic rings. The minimum atomic E-state index is -0.771. The fraction of sp³-hybridized carbons (Fsp3) is 0.300. The van der Waals surface area contributed by atoms with Crippen LogP contribution in [0.4, 0.5) is 0 Å². The summed E-state index contributed by atoms with van der Waals surface area (Å²) in [5, 5.41) is 0. The maximum absolute atomic E-state index is 7.12. The Labute approximate surface area is 197 Å². The van der Waals surface area contributed by atoms with Gasteiger partial charge in [0.05, 0.1) is 18.8 Å². The van der Waals surface area contributed by atoms with E-state index in [1.165, 1.54) is 0 Å². The summed E-state index contributed by atoms with van der Waals surface area (Å²) in [6.07, 6.45) is 4.84. The van der Waals surface area contributed by atoms with E-state index in [-0.39, 0.29) is 17.6 Å². The second-order valence-corrected chi connectivity index (χ2v) is 9.47. The second kappa shape index (κ2) is 8.57. The molecule has 1 saturated carbocycles. The lowest BCUT2D eigenvalue weighted by Gasteiger charge is -2.40. The highest BCUT2D eigenvalue weighted by Gasteiger charge is 2.57. The van der Waals surface area contributed by atoms with Crippen molar-refractivity contribution in [2.45, 2.75) is 43.9 Å². The zero-order valence-electron chi connectivity index (χ0n) is 19.3. The van der Waals surface area contributed by atoms with Gasteiger partial charge in [-0.1, -0.05) is 97.1 Å². The molecule has 3 nitrogen and oxygen atoms in total. The largest absolute Gasteiger partial charge is 0.360 e. The molecule has 0 amide bonds. The van der Waals surface area contributed by atoms with Crippen LogP contribution in [-0.2, 0) is 19.8 Å². The standard InChI is InChI=1S/C30H31O3/c1-4-29(21-20-26-27(29)33-28(2,3)32-26)22-31-30(23-14-8-5-9-15-23,24-16-10-6-11-17-24)25-18-12-7-13-19-25/h4-20,26-27H,1,21-22H2,2-3H3/t26-,27+,29+/m1/s1. The molecule has 3 heteroatoms. The molecule has 0 bridgehead atoms. The van der Waals surface area contributed by atoms with Gasteiger partial charge >= 0.3 is 0 Å². The van der Waals surface area contributed by atoms with Crippen LogP contribution in [0.15, 0.2) is 104 Å². The Morgan fingerprint density at radius 1 is 0.848 bits per heavy atom. The summed E-state index contributed by atoms with van der Waals surface area (Å²) in [4.78, 5) is 0. The van der Waals surface area contributed by atoms with Gasteiger partial charge in [-0.05, 0) is 43.4 Å². The van der Waals surface area contributed by atoms with E-state index in [0.717, 1.165) is 23.1 Å². The Hall–Kier alpha value is -2.72. The maximum atomic E-state index is 7.12. The number of rotatable bonds is 7. The molecule has 0 unspecified atom stereocenters. The summed E-state index contributed by atoms with van der Waals surface area (Å²) in [5.74, 6) is -0.615. The highest BCUT2D eigenvalue weighted by Crippen LogP contribution is 2.51. The van der Waals surface area contributed by atoms with E-state index in [2.05, 4.69) is 85.8 Å². The molecule has 0 N–H and O–H groups in total. The van der Waals surface area contributed by atoms with Crippen molar-refractivity contribution in [3.8, 4) is 0 Å². The molecule has 5 rings (SSSR count). The first-order valence-corrected chi connectivity index (χ1v) is 11.6. The van der Waals surface area contributed by atoms with E-state index < -0.39 is 11.4 Å². The first-order chi connectivity index (χ1) is 16.0. The quantitative estimate of drug-likeness (QED) is 0.320. The van der Waals surface area contributed by atoms with Crippen molar-refractivity contribution in [1.82, 2.24) is 0 Å². The molecule has 1 saturated heterocycles. The Morgan fingerprint density at radius 2 is 1.33 bits per heavy atom. The van der Waals surface area contributed by atoms with Crippen LogP contribution in [0, 0.1) is 11.8 Å². The fourth-order valence-electron chi connectivity index (χ4n) is 5.27. The van der Waals surface area contributed by atoms with Crippen LogP contribution < -0.4 is 0 Å². The van der Waals surface area contributed by atoms with Crippen molar-refractivity contribution in [3.63, 3.8) is 0 Å². The minimum Gasteiger partial charge on any atom is -0.360 e. The average Bonchev–Trinajstić information content (AvgIpc) is 3.35. The Balaban J connectivity index is 1.61. The number of benzene rings is 3. The van der Waals surface area contributed by atoms with E-state index in [0.29, 0.717) is 6.61 Å². The van der Waals surface area contributed by atoms with Crippen molar-refractivity contribution >= 4 is 0 Å². The Morgan fingerprint density at radius 3 is 1.79 bits per heavy atom. The molecule has 3 aromatic rings. The van der Waals surface area contributed by atoms with Gasteiger partial charge in [0.2, 0.25) is 0 Å². The molecule has 0 aromatic heterocycles. The van der Waals surface area contributed by atoms with E-state index in [1.807, 2.05) is 38.1 Å². The summed E-state index contributed by atoms with van der Waals surface area (Å²) < 4.78 is 19.6. The molecule has 1 aliphatic heterocycles. The highest BCUT2D eigenvalue weighted by atomic mass is 16.8. The third kappa shape index (κ3) is 3.85. The molecule has 2 fully saturated rings. The molecule has 3 atom stereocenters. The molecule has 1 heterocycles. The van der Waals surface area contributed by atoms with Gasteiger partial charge in [0, 0.05) is 5.41 Å². The molecular weight excluding hydrogens is 408 g/mol. The molecule has 1 radical (unpaired) electrons. The molecular formula is C30H31O3. The van der Waals surface area contributed by atoms with Gasteiger partial charge in [0.1, 0.15) is 5.60 Å². The van der Waals surface area contributed by atoms with Crippen molar-refractivity contribution in [2.75, 3.05) is 6.61 Å². The van der Waals surface area contributed by atoms with Crippen molar-refractivity contribution in [3.05, 3.63) is 127 Å². The minimum absolute atomic E-state index is 0.0545. The van der Waals surface area contributed by atoms with Gasteiger partial charge < -0.3 is 14.2 Å². The van der Waals surface area contributed by atoms with Crippen molar-refractivity contribution in [1.29, 1.82) is 0 Å². The van der Waals surface area contributed by atoms with E-state index in [9.17, 15) is 0 Å². The van der Waals surface area contributed by atoms with Crippen LogP contribution >= 0.6 is 0 Å². The summed E-state index contributed by atoms with van der Waals surface area (Å²) >= 11 is 0. The molecule has 1 aliphatic carbocycles. The van der Waals surface area contributed by atoms with Crippen LogP contribution in [0.2, 0.25) is 0 Å². The molecule has 3 aromatic carbocycles. The maximum Gasteiger partial charge on any atom is 0.163 e. The summed E-state index contributed by atoms with van der Waals surface area (Å²) in [7, 11) is 0. The van der Waals surface area contributed by atoms with E-state index >= 15 is 0 Å². The Bertz CT molecular complexity index is 981. The topological polar surface area (TPSA) is 27.7 Å². The lowest BCUT2D eigenvalue weighted by Crippen LogP contribution is -2.42. The Kier molecular flexibility index (Phi) is 5.74. The van der Waals surface area contributed by atoms with Crippen LogP contribution in [0.3, 0.4) is 0 Å². The SMILES string of the molecule is C=C[C@@]1(COC(c2ccccc2)(c2ccccc2)c2ccccc2)C[CH][C@H]2OC(C)(C)O[C@@H]21.